The Balaban J connectivity index is 1.50. The first kappa shape index (κ1) is 23.2. The molecular formula is C26H28FN5O3. The van der Waals surface area contributed by atoms with E-state index in [9.17, 15) is 14.4 Å². The van der Waals surface area contributed by atoms with Gasteiger partial charge in [-0.3, -0.25) is 4.79 Å². The number of methoxy groups -OCH3 is 1. The van der Waals surface area contributed by atoms with E-state index in [1.165, 1.54) is 19.3 Å². The molecular weight excluding hydrogens is 449 g/mol. The van der Waals surface area contributed by atoms with Crippen molar-refractivity contribution in [3.8, 4) is 12.1 Å². The van der Waals surface area contributed by atoms with E-state index in [2.05, 4.69) is 17.5 Å². The third-order valence-corrected chi connectivity index (χ3v) is 7.47. The molecule has 0 N–H and O–H groups in total. The minimum absolute atomic E-state index is 0.169. The largest absolute Gasteiger partial charge is 0.467 e. The Morgan fingerprint density at radius 3 is 3.03 bits per heavy atom. The van der Waals surface area contributed by atoms with Crippen molar-refractivity contribution in [2.75, 3.05) is 38.3 Å². The molecule has 2 atom stereocenters. The average molecular weight is 478 g/mol. The van der Waals surface area contributed by atoms with Gasteiger partial charge in [-0.05, 0) is 30.5 Å². The predicted molar refractivity (Wildman–Crippen MR) is 126 cm³/mol. The van der Waals surface area contributed by atoms with Gasteiger partial charge in [-0.15, -0.1) is 0 Å². The fourth-order valence-electron chi connectivity index (χ4n) is 5.74. The Bertz CT molecular complexity index is 1210. The Morgan fingerprint density at radius 1 is 1.40 bits per heavy atom. The molecule has 8 nitrogen and oxygen atoms in total. The van der Waals surface area contributed by atoms with Crippen LogP contribution in [0, 0.1) is 17.1 Å². The molecule has 0 bridgehead atoms. The topological polar surface area (TPSA) is 91.6 Å². The van der Waals surface area contributed by atoms with Crippen LogP contribution in [0.3, 0.4) is 0 Å². The average Bonchev–Trinajstić information content (AvgIpc) is 2.88. The van der Waals surface area contributed by atoms with Gasteiger partial charge in [0.05, 0.1) is 44.5 Å². The van der Waals surface area contributed by atoms with Crippen molar-refractivity contribution in [1.82, 2.24) is 14.9 Å². The van der Waals surface area contributed by atoms with Crippen LogP contribution in [0.2, 0.25) is 0 Å². The lowest BCUT2D eigenvalue weighted by atomic mass is 9.67. The lowest BCUT2D eigenvalue weighted by molar-refractivity contribution is -0.128. The zero-order valence-electron chi connectivity index (χ0n) is 19.8. The number of rotatable bonds is 4. The Hall–Kier alpha value is -3.51. The SMILES string of the molecule is C=CC(=O)N1CCN(c2nc(OC)nc3c2CCC2(COCc4c(F)cccc42)C3)CC1CC#N. The fourth-order valence-corrected chi connectivity index (χ4v) is 5.74. The van der Waals surface area contributed by atoms with Crippen LogP contribution < -0.4 is 9.64 Å². The van der Waals surface area contributed by atoms with E-state index in [-0.39, 0.29) is 42.2 Å². The van der Waals surface area contributed by atoms with E-state index in [1.54, 1.807) is 11.0 Å². The number of amides is 1. The van der Waals surface area contributed by atoms with Gasteiger partial charge in [-0.25, -0.2) is 4.39 Å². The summed E-state index contributed by atoms with van der Waals surface area (Å²) in [5.74, 6) is 0.382. The van der Waals surface area contributed by atoms with Crippen LogP contribution in [0.4, 0.5) is 10.2 Å². The molecule has 1 spiro atoms. The van der Waals surface area contributed by atoms with Gasteiger partial charge in [-0.2, -0.15) is 15.2 Å². The molecule has 3 aliphatic rings. The summed E-state index contributed by atoms with van der Waals surface area (Å²) < 4.78 is 25.9. The van der Waals surface area contributed by atoms with Gasteiger partial charge in [0.1, 0.15) is 11.6 Å². The van der Waals surface area contributed by atoms with Crippen LogP contribution >= 0.6 is 0 Å². The highest BCUT2D eigenvalue weighted by molar-refractivity contribution is 5.87. The normalized spacial score (nSPS) is 23.3. The summed E-state index contributed by atoms with van der Waals surface area (Å²) in [5, 5.41) is 9.35. The molecule has 1 aliphatic carbocycles. The van der Waals surface area contributed by atoms with Crippen molar-refractivity contribution >= 4 is 11.7 Å². The van der Waals surface area contributed by atoms with Gasteiger partial charge < -0.3 is 19.3 Å². The molecule has 1 amide bonds. The summed E-state index contributed by atoms with van der Waals surface area (Å²) in [6.45, 7) is 5.93. The third kappa shape index (κ3) is 4.02. The summed E-state index contributed by atoms with van der Waals surface area (Å²) >= 11 is 0. The molecule has 0 radical (unpaired) electrons. The van der Waals surface area contributed by atoms with E-state index in [0.29, 0.717) is 44.6 Å². The van der Waals surface area contributed by atoms with Gasteiger partial charge in [-0.1, -0.05) is 18.7 Å². The number of aromatic nitrogens is 2. The van der Waals surface area contributed by atoms with Gasteiger partial charge in [0.2, 0.25) is 5.91 Å². The van der Waals surface area contributed by atoms with Crippen molar-refractivity contribution in [3.05, 3.63) is 59.1 Å². The zero-order valence-corrected chi connectivity index (χ0v) is 19.8. The van der Waals surface area contributed by atoms with Crippen LogP contribution in [-0.4, -0.2) is 60.2 Å². The number of hydrogen-bond donors (Lipinski definition) is 0. The molecule has 1 aromatic carbocycles. The summed E-state index contributed by atoms with van der Waals surface area (Å²) in [7, 11) is 1.54. The van der Waals surface area contributed by atoms with Crippen LogP contribution in [0.25, 0.3) is 0 Å². The molecule has 0 saturated carbocycles. The van der Waals surface area contributed by atoms with Crippen LogP contribution in [0.15, 0.2) is 30.9 Å². The third-order valence-electron chi connectivity index (χ3n) is 7.47. The first-order chi connectivity index (χ1) is 17.0. The number of nitrogens with zero attached hydrogens (tertiary/aromatic N) is 5. The van der Waals surface area contributed by atoms with Crippen LogP contribution in [0.5, 0.6) is 6.01 Å². The molecule has 2 unspecified atom stereocenters. The van der Waals surface area contributed by atoms with Crippen LogP contribution in [0.1, 0.15) is 35.2 Å². The smallest absolute Gasteiger partial charge is 0.318 e. The highest BCUT2D eigenvalue weighted by Crippen LogP contribution is 2.45. The van der Waals surface area contributed by atoms with E-state index in [1.807, 2.05) is 6.07 Å². The molecule has 2 aromatic rings. The van der Waals surface area contributed by atoms with E-state index in [0.717, 1.165) is 29.1 Å². The number of carbonyl (C=O) groups is 1. The number of fused-ring (bicyclic) bond motifs is 3. The van der Waals surface area contributed by atoms with Crippen molar-refractivity contribution in [1.29, 1.82) is 5.26 Å². The van der Waals surface area contributed by atoms with E-state index >= 15 is 0 Å². The maximum Gasteiger partial charge on any atom is 0.318 e. The van der Waals surface area contributed by atoms with Crippen molar-refractivity contribution < 1.29 is 18.7 Å². The zero-order chi connectivity index (χ0) is 24.6. The molecule has 3 heterocycles. The molecule has 182 valence electrons. The van der Waals surface area contributed by atoms with Crippen molar-refractivity contribution in [2.24, 2.45) is 0 Å². The number of ether oxygens (including phenoxy) is 2. The number of nitriles is 1. The number of benzene rings is 1. The lowest BCUT2D eigenvalue weighted by Gasteiger charge is -2.44. The molecule has 2 aliphatic heterocycles. The minimum Gasteiger partial charge on any atom is -0.467 e. The fraction of sp³-hybridized carbons (Fsp3) is 0.462. The van der Waals surface area contributed by atoms with Gasteiger partial charge in [0.15, 0.2) is 0 Å². The second-order valence-corrected chi connectivity index (χ2v) is 9.37. The Kier molecular flexibility index (Phi) is 6.15. The lowest BCUT2D eigenvalue weighted by Crippen LogP contribution is -2.55. The minimum atomic E-state index is -0.349. The maximum atomic E-state index is 14.6. The number of halogens is 1. The summed E-state index contributed by atoms with van der Waals surface area (Å²) in [4.78, 5) is 25.6. The highest BCUT2D eigenvalue weighted by atomic mass is 19.1. The second kappa shape index (κ2) is 9.27. The number of anilines is 1. The Morgan fingerprint density at radius 2 is 2.26 bits per heavy atom. The summed E-state index contributed by atoms with van der Waals surface area (Å²) in [6, 6.07) is 7.47. The van der Waals surface area contributed by atoms with E-state index < -0.39 is 0 Å². The monoisotopic (exact) mass is 477 g/mol. The summed E-state index contributed by atoms with van der Waals surface area (Å²) in [6.07, 6.45) is 3.62. The summed E-state index contributed by atoms with van der Waals surface area (Å²) in [5.41, 5.74) is 3.20. The van der Waals surface area contributed by atoms with Crippen LogP contribution in [-0.2, 0) is 34.4 Å². The first-order valence-corrected chi connectivity index (χ1v) is 11.8. The first-order valence-electron chi connectivity index (χ1n) is 11.8. The molecule has 1 saturated heterocycles. The maximum absolute atomic E-state index is 14.6. The molecule has 5 rings (SSSR count). The number of hydrogen-bond acceptors (Lipinski definition) is 7. The Labute approximate surface area is 204 Å². The molecule has 35 heavy (non-hydrogen) atoms. The second-order valence-electron chi connectivity index (χ2n) is 9.37. The molecule has 1 fully saturated rings. The van der Waals surface area contributed by atoms with Gasteiger partial charge in [0.25, 0.3) is 0 Å². The predicted octanol–water partition coefficient (Wildman–Crippen LogP) is 2.70. The molecule has 9 heteroatoms. The standard InChI is InChI=1S/C26H28FN5O3/c1-3-23(33)32-12-11-31(14-17(32)8-10-28)24-18-7-9-26(13-22(18)29-25(30-24)34-2)16-35-15-19-20(26)5-4-6-21(19)27/h3-6,17H,1,7-9,11-16H2,2H3. The van der Waals surface area contributed by atoms with E-state index in [4.69, 9.17) is 19.4 Å². The number of piperazine rings is 1. The quantitative estimate of drug-likeness (QED) is 0.626. The number of carbonyl (C=O) groups excluding carboxylic acids is 1. The van der Waals surface area contributed by atoms with Gasteiger partial charge in [0, 0.05) is 42.6 Å². The highest BCUT2D eigenvalue weighted by Gasteiger charge is 2.43. The van der Waals surface area contributed by atoms with Crippen molar-refractivity contribution in [2.45, 2.75) is 43.7 Å². The molecule has 1 aromatic heterocycles. The van der Waals surface area contributed by atoms with Crippen molar-refractivity contribution in [3.63, 3.8) is 0 Å². The van der Waals surface area contributed by atoms with Gasteiger partial charge >= 0.3 is 6.01 Å².